The number of aromatic nitrogens is 1. The predicted molar refractivity (Wildman–Crippen MR) is 80.7 cm³/mol. The topological polar surface area (TPSA) is 80.1 Å². The van der Waals surface area contributed by atoms with E-state index in [-0.39, 0.29) is 6.09 Å². The van der Waals surface area contributed by atoms with E-state index in [9.17, 15) is 4.79 Å². The van der Waals surface area contributed by atoms with E-state index in [2.05, 4.69) is 10.3 Å². The maximum Gasteiger partial charge on any atom is 0.407 e. The van der Waals surface area contributed by atoms with Crippen LogP contribution in [0.25, 0.3) is 10.9 Å². The van der Waals surface area contributed by atoms with E-state index in [0.29, 0.717) is 6.54 Å². The van der Waals surface area contributed by atoms with Gasteiger partial charge in [0.25, 0.3) is 0 Å². The number of H-pyrrole nitrogens is 1. The monoisotopic (exact) mass is 275 g/mol. The van der Waals surface area contributed by atoms with E-state index in [1.807, 2.05) is 45.2 Å². The van der Waals surface area contributed by atoms with Gasteiger partial charge in [0, 0.05) is 29.3 Å². The summed E-state index contributed by atoms with van der Waals surface area (Å²) in [5.74, 6) is 0. The van der Waals surface area contributed by atoms with Crippen LogP contribution in [0.1, 0.15) is 26.3 Å². The second kappa shape index (κ2) is 5.45. The fourth-order valence-corrected chi connectivity index (χ4v) is 2.02. The second-order valence-corrected chi connectivity index (χ2v) is 5.80. The summed E-state index contributed by atoms with van der Waals surface area (Å²) in [6.07, 6.45) is 2.30. The van der Waals surface area contributed by atoms with Crippen molar-refractivity contribution in [1.29, 1.82) is 0 Å². The van der Waals surface area contributed by atoms with E-state index >= 15 is 0 Å². The fraction of sp³-hybridized carbons (Fsp3) is 0.400. The Morgan fingerprint density at radius 3 is 2.85 bits per heavy atom. The van der Waals surface area contributed by atoms with Crippen molar-refractivity contribution in [2.45, 2.75) is 32.8 Å². The zero-order valence-electron chi connectivity index (χ0n) is 12.1. The van der Waals surface area contributed by atoms with Crippen molar-refractivity contribution in [3.63, 3.8) is 0 Å². The number of alkyl carbamates (subject to hydrolysis) is 1. The molecule has 0 saturated carbocycles. The van der Waals surface area contributed by atoms with Gasteiger partial charge in [-0.25, -0.2) is 4.79 Å². The summed E-state index contributed by atoms with van der Waals surface area (Å²) in [5, 5.41) is 3.88. The smallest absolute Gasteiger partial charge is 0.407 e. The number of benzene rings is 1. The largest absolute Gasteiger partial charge is 0.444 e. The summed E-state index contributed by atoms with van der Waals surface area (Å²) in [6.45, 7) is 6.07. The number of nitrogen functional groups attached to an aromatic ring is 1. The number of rotatable bonds is 3. The molecule has 4 N–H and O–H groups in total. The number of hydrogen-bond acceptors (Lipinski definition) is 3. The quantitative estimate of drug-likeness (QED) is 0.753. The SMILES string of the molecule is CC(C)(C)OC(=O)NCCc1c[nH]c2cc(N)ccc12. The van der Waals surface area contributed by atoms with E-state index in [0.717, 1.165) is 28.6 Å². The lowest BCUT2D eigenvalue weighted by Crippen LogP contribution is -2.33. The highest BCUT2D eigenvalue weighted by Crippen LogP contribution is 2.20. The average molecular weight is 275 g/mol. The summed E-state index contributed by atoms with van der Waals surface area (Å²) in [7, 11) is 0. The standard InChI is InChI=1S/C15H21N3O2/c1-15(2,3)20-14(19)17-7-6-10-9-18-13-8-11(16)4-5-12(10)13/h4-5,8-9,18H,6-7,16H2,1-3H3,(H,17,19). The number of amides is 1. The van der Waals surface area contributed by atoms with Crippen LogP contribution < -0.4 is 11.1 Å². The van der Waals surface area contributed by atoms with Crippen LogP contribution in [0.2, 0.25) is 0 Å². The number of carbonyl (C=O) groups excluding carboxylic acids is 1. The molecule has 2 aromatic rings. The molecule has 1 heterocycles. The average Bonchev–Trinajstić information content (AvgIpc) is 2.69. The highest BCUT2D eigenvalue weighted by molar-refractivity contribution is 5.85. The molecule has 0 atom stereocenters. The van der Waals surface area contributed by atoms with Crippen molar-refractivity contribution in [2.75, 3.05) is 12.3 Å². The Morgan fingerprint density at radius 1 is 1.40 bits per heavy atom. The third-order valence-corrected chi connectivity index (χ3v) is 2.85. The summed E-state index contributed by atoms with van der Waals surface area (Å²) in [6, 6.07) is 5.77. The van der Waals surface area contributed by atoms with E-state index in [4.69, 9.17) is 10.5 Å². The maximum absolute atomic E-state index is 11.5. The Bertz CT molecular complexity index is 611. The van der Waals surface area contributed by atoms with Crippen LogP contribution in [0.5, 0.6) is 0 Å². The third-order valence-electron chi connectivity index (χ3n) is 2.85. The summed E-state index contributed by atoms with van der Waals surface area (Å²) in [4.78, 5) is 14.7. The zero-order valence-corrected chi connectivity index (χ0v) is 12.1. The van der Waals surface area contributed by atoms with E-state index in [1.54, 1.807) is 0 Å². The van der Waals surface area contributed by atoms with Crippen LogP contribution in [-0.2, 0) is 11.2 Å². The summed E-state index contributed by atoms with van der Waals surface area (Å²) < 4.78 is 5.19. The first-order chi connectivity index (χ1) is 9.35. The molecule has 0 fully saturated rings. The van der Waals surface area contributed by atoms with Crippen molar-refractivity contribution in [3.8, 4) is 0 Å². The molecule has 0 aliphatic heterocycles. The van der Waals surface area contributed by atoms with Gasteiger partial charge in [0.1, 0.15) is 5.60 Å². The van der Waals surface area contributed by atoms with E-state index in [1.165, 1.54) is 0 Å². The number of nitrogens with two attached hydrogens (primary N) is 1. The highest BCUT2D eigenvalue weighted by Gasteiger charge is 2.15. The molecular formula is C15H21N3O2. The molecule has 0 aliphatic carbocycles. The van der Waals surface area contributed by atoms with Crippen molar-refractivity contribution >= 4 is 22.7 Å². The van der Waals surface area contributed by atoms with E-state index < -0.39 is 5.60 Å². The molecule has 1 aromatic carbocycles. The molecule has 108 valence electrons. The number of hydrogen-bond donors (Lipinski definition) is 3. The Labute approximate surface area is 118 Å². The van der Waals surface area contributed by atoms with Crippen LogP contribution in [0, 0.1) is 0 Å². The number of anilines is 1. The Balaban J connectivity index is 1.92. The molecule has 0 spiro atoms. The normalized spacial score (nSPS) is 11.6. The third kappa shape index (κ3) is 3.66. The maximum atomic E-state index is 11.5. The zero-order chi connectivity index (χ0) is 14.8. The molecule has 1 aromatic heterocycles. The van der Waals surface area contributed by atoms with Gasteiger partial charge in [-0.05, 0) is 44.9 Å². The van der Waals surface area contributed by atoms with Gasteiger partial charge in [-0.1, -0.05) is 6.07 Å². The first-order valence-electron chi connectivity index (χ1n) is 6.67. The number of aromatic amines is 1. The minimum Gasteiger partial charge on any atom is -0.444 e. The van der Waals surface area contributed by atoms with Crippen LogP contribution in [-0.4, -0.2) is 23.2 Å². The molecule has 0 bridgehead atoms. The lowest BCUT2D eigenvalue weighted by molar-refractivity contribution is 0.0528. The minimum absolute atomic E-state index is 0.387. The predicted octanol–water partition coefficient (Wildman–Crippen LogP) is 2.82. The van der Waals surface area contributed by atoms with Crippen LogP contribution in [0.4, 0.5) is 10.5 Å². The van der Waals surface area contributed by atoms with Gasteiger partial charge in [0.05, 0.1) is 0 Å². The van der Waals surface area contributed by atoms with Gasteiger partial charge < -0.3 is 20.8 Å². The van der Waals surface area contributed by atoms with Gasteiger partial charge >= 0.3 is 6.09 Å². The lowest BCUT2D eigenvalue weighted by Gasteiger charge is -2.19. The van der Waals surface area contributed by atoms with Crippen molar-refractivity contribution in [2.24, 2.45) is 0 Å². The molecular weight excluding hydrogens is 254 g/mol. The highest BCUT2D eigenvalue weighted by atomic mass is 16.6. The van der Waals surface area contributed by atoms with Crippen LogP contribution in [0.3, 0.4) is 0 Å². The van der Waals surface area contributed by atoms with Gasteiger partial charge in [-0.3, -0.25) is 0 Å². The van der Waals surface area contributed by atoms with Gasteiger partial charge in [-0.2, -0.15) is 0 Å². The first-order valence-corrected chi connectivity index (χ1v) is 6.67. The molecule has 5 nitrogen and oxygen atoms in total. The summed E-state index contributed by atoms with van der Waals surface area (Å²) >= 11 is 0. The van der Waals surface area contributed by atoms with Crippen molar-refractivity contribution < 1.29 is 9.53 Å². The number of carbonyl (C=O) groups is 1. The molecule has 20 heavy (non-hydrogen) atoms. The van der Waals surface area contributed by atoms with Gasteiger partial charge in [0.15, 0.2) is 0 Å². The van der Waals surface area contributed by atoms with Crippen molar-refractivity contribution in [1.82, 2.24) is 10.3 Å². The summed E-state index contributed by atoms with van der Waals surface area (Å²) in [5.41, 5.74) is 8.16. The fourth-order valence-electron chi connectivity index (χ4n) is 2.02. The first kappa shape index (κ1) is 14.2. The van der Waals surface area contributed by atoms with Crippen LogP contribution in [0.15, 0.2) is 24.4 Å². The van der Waals surface area contributed by atoms with Crippen LogP contribution >= 0.6 is 0 Å². The molecule has 2 rings (SSSR count). The molecule has 5 heteroatoms. The Hall–Kier alpha value is -2.17. The Kier molecular flexibility index (Phi) is 3.88. The Morgan fingerprint density at radius 2 is 2.15 bits per heavy atom. The number of nitrogens with one attached hydrogen (secondary N) is 2. The molecule has 0 radical (unpaired) electrons. The molecule has 0 unspecified atom stereocenters. The minimum atomic E-state index is -0.470. The van der Waals surface area contributed by atoms with Gasteiger partial charge in [0.2, 0.25) is 0 Å². The number of ether oxygens (including phenoxy) is 1. The molecule has 1 amide bonds. The van der Waals surface area contributed by atoms with Gasteiger partial charge in [-0.15, -0.1) is 0 Å². The molecule has 0 saturated heterocycles. The molecule has 0 aliphatic rings. The lowest BCUT2D eigenvalue weighted by atomic mass is 10.1. The van der Waals surface area contributed by atoms with Crippen molar-refractivity contribution in [3.05, 3.63) is 30.0 Å². The second-order valence-electron chi connectivity index (χ2n) is 5.80. The number of fused-ring (bicyclic) bond motifs is 1.